The number of carbonyl (C=O) groups is 2. The molecule has 0 aliphatic heterocycles. The van der Waals surface area contributed by atoms with E-state index in [0.29, 0.717) is 11.5 Å². The topological polar surface area (TPSA) is 43.4 Å². The summed E-state index contributed by atoms with van der Waals surface area (Å²) in [5, 5.41) is 0. The van der Waals surface area contributed by atoms with Crippen LogP contribution in [0, 0.1) is 0 Å². The van der Waals surface area contributed by atoms with Gasteiger partial charge in [0.1, 0.15) is 0 Å². The Bertz CT molecular complexity index is 522. The van der Waals surface area contributed by atoms with Crippen molar-refractivity contribution in [2.75, 3.05) is 0 Å². The number of ketones is 1. The van der Waals surface area contributed by atoms with E-state index in [1.807, 2.05) is 12.1 Å². The Morgan fingerprint density at radius 1 is 1.15 bits per heavy atom. The van der Waals surface area contributed by atoms with E-state index in [4.69, 9.17) is 4.74 Å². The van der Waals surface area contributed by atoms with Gasteiger partial charge < -0.3 is 4.74 Å². The van der Waals surface area contributed by atoms with Crippen molar-refractivity contribution in [2.24, 2.45) is 0 Å². The fraction of sp³-hybridized carbons (Fsp3) is 0.412. The Kier molecular flexibility index (Phi) is 4.88. The molecule has 0 spiro atoms. The van der Waals surface area contributed by atoms with E-state index in [-0.39, 0.29) is 11.4 Å². The van der Waals surface area contributed by atoms with Crippen LogP contribution < -0.4 is 0 Å². The van der Waals surface area contributed by atoms with Gasteiger partial charge in [-0.15, -0.1) is 0 Å². The summed E-state index contributed by atoms with van der Waals surface area (Å²) < 4.78 is 5.21. The van der Waals surface area contributed by atoms with E-state index >= 15 is 0 Å². The van der Waals surface area contributed by atoms with E-state index in [9.17, 15) is 9.59 Å². The van der Waals surface area contributed by atoms with E-state index < -0.39 is 11.6 Å². The molecule has 0 aliphatic carbocycles. The molecule has 1 aromatic carbocycles. The Labute approximate surface area is 120 Å². The van der Waals surface area contributed by atoms with Crippen molar-refractivity contribution in [1.29, 1.82) is 0 Å². The summed E-state index contributed by atoms with van der Waals surface area (Å²) in [5.41, 5.74) is 0.781. The van der Waals surface area contributed by atoms with E-state index in [1.54, 1.807) is 32.9 Å². The quantitative estimate of drug-likeness (QED) is 0.465. The smallest absolute Gasteiger partial charge is 0.334 e. The molecular formula is C17H22O3. The van der Waals surface area contributed by atoms with E-state index in [2.05, 4.69) is 20.4 Å². The first-order valence-corrected chi connectivity index (χ1v) is 6.68. The monoisotopic (exact) mass is 274 g/mol. The first kappa shape index (κ1) is 16.2. The molecule has 20 heavy (non-hydrogen) atoms. The molecular weight excluding hydrogens is 252 g/mol. The zero-order chi connectivity index (χ0) is 15.5. The number of benzene rings is 1. The van der Waals surface area contributed by atoms with Crippen molar-refractivity contribution in [3.63, 3.8) is 0 Å². The van der Waals surface area contributed by atoms with Crippen molar-refractivity contribution in [1.82, 2.24) is 0 Å². The number of rotatable bonds is 5. The van der Waals surface area contributed by atoms with Crippen molar-refractivity contribution in [3.8, 4) is 0 Å². The minimum Gasteiger partial charge on any atom is -0.448 e. The number of hydrogen-bond donors (Lipinski definition) is 0. The highest BCUT2D eigenvalue weighted by Gasteiger charge is 2.32. The van der Waals surface area contributed by atoms with Crippen LogP contribution in [0.5, 0.6) is 0 Å². The lowest BCUT2D eigenvalue weighted by atomic mass is 9.94. The van der Waals surface area contributed by atoms with E-state index in [0.717, 1.165) is 0 Å². The number of Topliss-reactive ketones (excluding diaryl/α,β-unsaturated/α-hetero) is 1. The second-order valence-corrected chi connectivity index (χ2v) is 5.79. The number of esters is 1. The summed E-state index contributed by atoms with van der Waals surface area (Å²) in [5.74, 6) is -0.363. The van der Waals surface area contributed by atoms with Gasteiger partial charge in [0.2, 0.25) is 5.78 Å². The SMILES string of the molecule is C=C(C)C(=O)OC(C)(C)C(=O)c1ccc(C(C)C)cc1. The van der Waals surface area contributed by atoms with Gasteiger partial charge in [-0.1, -0.05) is 44.7 Å². The third-order valence-corrected chi connectivity index (χ3v) is 3.08. The van der Waals surface area contributed by atoms with Gasteiger partial charge in [0.25, 0.3) is 0 Å². The van der Waals surface area contributed by atoms with Gasteiger partial charge in [0, 0.05) is 11.1 Å². The predicted octanol–water partition coefficient (Wildman–Crippen LogP) is 3.89. The normalized spacial score (nSPS) is 11.3. The van der Waals surface area contributed by atoms with Crippen molar-refractivity contribution in [3.05, 3.63) is 47.5 Å². The standard InChI is InChI=1S/C17H22O3/c1-11(2)13-7-9-14(10-8-13)15(18)17(5,6)20-16(19)12(3)4/h7-11H,3H2,1-2,4-6H3. The highest BCUT2D eigenvalue weighted by molar-refractivity contribution is 6.03. The molecule has 0 aliphatic rings. The lowest BCUT2D eigenvalue weighted by Gasteiger charge is -2.24. The van der Waals surface area contributed by atoms with Crippen LogP contribution in [0.25, 0.3) is 0 Å². The van der Waals surface area contributed by atoms with Gasteiger partial charge in [0.15, 0.2) is 5.60 Å². The minimum absolute atomic E-state index is 0.220. The zero-order valence-corrected chi connectivity index (χ0v) is 12.8. The first-order valence-electron chi connectivity index (χ1n) is 6.68. The molecule has 0 fully saturated rings. The summed E-state index contributed by atoms with van der Waals surface area (Å²) >= 11 is 0. The summed E-state index contributed by atoms with van der Waals surface area (Å²) in [4.78, 5) is 24.0. The summed E-state index contributed by atoms with van der Waals surface area (Å²) in [7, 11) is 0. The van der Waals surface area contributed by atoms with Crippen molar-refractivity contribution < 1.29 is 14.3 Å². The minimum atomic E-state index is -1.20. The molecule has 0 atom stereocenters. The molecule has 0 unspecified atom stereocenters. The Hall–Kier alpha value is -1.90. The van der Waals surface area contributed by atoms with Crippen LogP contribution >= 0.6 is 0 Å². The Balaban J connectivity index is 2.92. The zero-order valence-electron chi connectivity index (χ0n) is 12.8. The first-order chi connectivity index (χ1) is 9.15. The van der Waals surface area contributed by atoms with Crippen LogP contribution in [0.3, 0.4) is 0 Å². The molecule has 0 radical (unpaired) electrons. The molecule has 0 N–H and O–H groups in total. The number of ether oxygens (including phenoxy) is 1. The van der Waals surface area contributed by atoms with Gasteiger partial charge in [-0.05, 0) is 32.3 Å². The van der Waals surface area contributed by atoms with Crippen molar-refractivity contribution >= 4 is 11.8 Å². The van der Waals surface area contributed by atoms with Crippen LogP contribution in [0.2, 0.25) is 0 Å². The van der Waals surface area contributed by atoms with Gasteiger partial charge >= 0.3 is 5.97 Å². The second-order valence-electron chi connectivity index (χ2n) is 5.79. The van der Waals surface area contributed by atoms with Gasteiger partial charge in [-0.25, -0.2) is 4.79 Å². The van der Waals surface area contributed by atoms with Gasteiger partial charge in [-0.2, -0.15) is 0 Å². The molecule has 0 aromatic heterocycles. The third-order valence-electron chi connectivity index (χ3n) is 3.08. The molecule has 0 saturated carbocycles. The Morgan fingerprint density at radius 2 is 1.65 bits per heavy atom. The molecule has 0 bridgehead atoms. The maximum Gasteiger partial charge on any atom is 0.334 e. The van der Waals surface area contributed by atoms with Crippen LogP contribution in [-0.2, 0) is 9.53 Å². The molecule has 1 aromatic rings. The average molecular weight is 274 g/mol. The fourth-order valence-corrected chi connectivity index (χ4v) is 1.73. The molecule has 0 saturated heterocycles. The third kappa shape index (κ3) is 3.80. The largest absolute Gasteiger partial charge is 0.448 e. The maximum absolute atomic E-state index is 12.4. The molecule has 3 nitrogen and oxygen atoms in total. The van der Waals surface area contributed by atoms with Gasteiger partial charge in [0.05, 0.1) is 0 Å². The van der Waals surface area contributed by atoms with Crippen LogP contribution in [0.4, 0.5) is 0 Å². The summed E-state index contributed by atoms with van der Waals surface area (Å²) in [6, 6.07) is 7.39. The molecule has 0 heterocycles. The average Bonchev–Trinajstić information content (AvgIpc) is 2.37. The van der Waals surface area contributed by atoms with Crippen LogP contribution in [0.15, 0.2) is 36.4 Å². The van der Waals surface area contributed by atoms with Crippen molar-refractivity contribution in [2.45, 2.75) is 46.1 Å². The van der Waals surface area contributed by atoms with Gasteiger partial charge in [-0.3, -0.25) is 4.79 Å². The summed E-state index contributed by atoms with van der Waals surface area (Å²) in [6.07, 6.45) is 0. The highest BCUT2D eigenvalue weighted by Crippen LogP contribution is 2.21. The number of hydrogen-bond acceptors (Lipinski definition) is 3. The summed E-state index contributed by atoms with van der Waals surface area (Å²) in [6.45, 7) is 12.4. The Morgan fingerprint density at radius 3 is 2.05 bits per heavy atom. The fourth-order valence-electron chi connectivity index (χ4n) is 1.73. The lowest BCUT2D eigenvalue weighted by molar-refractivity contribution is -0.147. The maximum atomic E-state index is 12.4. The highest BCUT2D eigenvalue weighted by atomic mass is 16.6. The molecule has 1 rings (SSSR count). The van der Waals surface area contributed by atoms with Crippen LogP contribution in [-0.4, -0.2) is 17.4 Å². The van der Waals surface area contributed by atoms with Crippen LogP contribution in [0.1, 0.15) is 56.5 Å². The second kappa shape index (κ2) is 6.04. The molecule has 3 heteroatoms. The van der Waals surface area contributed by atoms with E-state index in [1.165, 1.54) is 5.56 Å². The predicted molar refractivity (Wildman–Crippen MR) is 79.8 cm³/mol. The number of carbonyl (C=O) groups excluding carboxylic acids is 2. The lowest BCUT2D eigenvalue weighted by Crippen LogP contribution is -2.37. The molecule has 108 valence electrons. The molecule has 0 amide bonds.